The predicted octanol–water partition coefficient (Wildman–Crippen LogP) is 1.85. The molecule has 2 N–H and O–H groups in total. The minimum absolute atomic E-state index is 0.185. The van der Waals surface area contributed by atoms with Gasteiger partial charge in [0, 0.05) is 17.7 Å². The first-order chi connectivity index (χ1) is 9.93. The number of nitrogen functional groups attached to an aromatic ring is 1. The highest BCUT2D eigenvalue weighted by molar-refractivity contribution is 5.94. The first-order valence-electron chi connectivity index (χ1n) is 6.80. The highest BCUT2D eigenvalue weighted by Gasteiger charge is 2.18. The predicted molar refractivity (Wildman–Crippen MR) is 78.3 cm³/mol. The van der Waals surface area contributed by atoms with Gasteiger partial charge in [0.15, 0.2) is 5.82 Å². The number of ether oxygens (including phenoxy) is 1. The third-order valence-corrected chi connectivity index (χ3v) is 2.89. The van der Waals surface area contributed by atoms with Gasteiger partial charge in [-0.25, -0.2) is 14.8 Å². The molecule has 2 rings (SSSR count). The molecule has 2 heterocycles. The molecule has 0 atom stereocenters. The summed E-state index contributed by atoms with van der Waals surface area (Å²) in [4.78, 5) is 20.6. The summed E-state index contributed by atoms with van der Waals surface area (Å²) in [5.41, 5.74) is 7.03. The molecule has 0 unspecified atom stereocenters. The Morgan fingerprint density at radius 2 is 2.14 bits per heavy atom. The normalized spacial score (nSPS) is 10.9. The molecule has 0 saturated heterocycles. The first kappa shape index (κ1) is 15.0. The van der Waals surface area contributed by atoms with Gasteiger partial charge < -0.3 is 10.5 Å². The van der Waals surface area contributed by atoms with E-state index < -0.39 is 5.97 Å². The van der Waals surface area contributed by atoms with Crippen LogP contribution in [0.5, 0.6) is 0 Å². The number of aromatic nitrogens is 4. The number of esters is 1. The topological polar surface area (TPSA) is 95.9 Å². The van der Waals surface area contributed by atoms with Crippen molar-refractivity contribution in [2.75, 3.05) is 12.3 Å². The van der Waals surface area contributed by atoms with Crippen molar-refractivity contribution < 1.29 is 9.53 Å². The van der Waals surface area contributed by atoms with Crippen molar-refractivity contribution in [1.29, 1.82) is 0 Å². The number of rotatable bonds is 4. The Morgan fingerprint density at radius 1 is 1.43 bits per heavy atom. The van der Waals surface area contributed by atoms with Crippen molar-refractivity contribution in [3.8, 4) is 5.82 Å². The number of aryl methyl sites for hydroxylation is 1. The number of carbonyl (C=O) groups excluding carboxylic acids is 1. The van der Waals surface area contributed by atoms with Crippen molar-refractivity contribution >= 4 is 11.8 Å². The van der Waals surface area contributed by atoms with Gasteiger partial charge in [-0.3, -0.25) is 0 Å². The fourth-order valence-electron chi connectivity index (χ4n) is 1.85. The summed E-state index contributed by atoms with van der Waals surface area (Å²) in [5, 5.41) is 4.13. The van der Waals surface area contributed by atoms with Crippen molar-refractivity contribution in [3.63, 3.8) is 0 Å². The van der Waals surface area contributed by atoms with E-state index in [0.29, 0.717) is 11.6 Å². The maximum absolute atomic E-state index is 11.8. The summed E-state index contributed by atoms with van der Waals surface area (Å²) in [5.74, 6) is 1.15. The van der Waals surface area contributed by atoms with Gasteiger partial charge in [-0.15, -0.1) is 0 Å². The van der Waals surface area contributed by atoms with Crippen LogP contribution in [0.15, 0.2) is 12.3 Å². The molecule has 0 aliphatic carbocycles. The molecule has 2 aromatic rings. The number of anilines is 1. The van der Waals surface area contributed by atoms with Gasteiger partial charge in [0.2, 0.25) is 0 Å². The van der Waals surface area contributed by atoms with Crippen molar-refractivity contribution in [2.24, 2.45) is 0 Å². The van der Waals surface area contributed by atoms with Crippen molar-refractivity contribution in [2.45, 2.75) is 33.6 Å². The van der Waals surface area contributed by atoms with Gasteiger partial charge in [0.05, 0.1) is 12.8 Å². The lowest BCUT2D eigenvalue weighted by Crippen LogP contribution is -2.11. The summed E-state index contributed by atoms with van der Waals surface area (Å²) < 4.78 is 6.36. The third kappa shape index (κ3) is 3.01. The van der Waals surface area contributed by atoms with Gasteiger partial charge in [0.25, 0.3) is 0 Å². The number of carbonyl (C=O) groups is 1. The minimum Gasteiger partial charge on any atom is -0.462 e. The summed E-state index contributed by atoms with van der Waals surface area (Å²) in [7, 11) is 0. The molecule has 0 aliphatic heterocycles. The summed E-state index contributed by atoms with van der Waals surface area (Å²) in [6.45, 7) is 7.92. The molecular formula is C14H19N5O2. The summed E-state index contributed by atoms with van der Waals surface area (Å²) in [6, 6.07) is 1.77. The van der Waals surface area contributed by atoms with Crippen LogP contribution in [-0.2, 0) is 4.74 Å². The van der Waals surface area contributed by atoms with Gasteiger partial charge in [-0.2, -0.15) is 9.78 Å². The standard InChI is InChI=1S/C14H19N5O2/c1-5-21-14(20)10-7-16-19(12(10)15)11-6-9(4)17-13(18-11)8(2)3/h6-8H,5,15H2,1-4H3. The second kappa shape index (κ2) is 5.90. The molecule has 0 bridgehead atoms. The fraction of sp³-hybridized carbons (Fsp3) is 0.429. The maximum atomic E-state index is 11.8. The van der Waals surface area contributed by atoms with Gasteiger partial charge in [0.1, 0.15) is 17.2 Å². The van der Waals surface area contributed by atoms with Crippen LogP contribution in [-0.4, -0.2) is 32.3 Å². The SMILES string of the molecule is CCOC(=O)c1cnn(-c2cc(C)nc(C(C)C)n2)c1N. The molecule has 0 amide bonds. The highest BCUT2D eigenvalue weighted by atomic mass is 16.5. The number of hydrogen-bond acceptors (Lipinski definition) is 6. The molecule has 0 radical (unpaired) electrons. The molecule has 0 saturated carbocycles. The van der Waals surface area contributed by atoms with E-state index in [2.05, 4.69) is 15.1 Å². The van der Waals surface area contributed by atoms with Gasteiger partial charge in [-0.05, 0) is 13.8 Å². The van der Waals surface area contributed by atoms with Crippen LogP contribution in [0.4, 0.5) is 5.82 Å². The Hall–Kier alpha value is -2.44. The van der Waals surface area contributed by atoms with Gasteiger partial charge in [-0.1, -0.05) is 13.8 Å². The smallest absolute Gasteiger partial charge is 0.343 e. The fourth-order valence-corrected chi connectivity index (χ4v) is 1.85. The average Bonchev–Trinajstić information content (AvgIpc) is 2.80. The van der Waals surface area contributed by atoms with E-state index >= 15 is 0 Å². The lowest BCUT2D eigenvalue weighted by atomic mass is 10.2. The summed E-state index contributed by atoms with van der Waals surface area (Å²) in [6.07, 6.45) is 1.39. The Kier molecular flexibility index (Phi) is 4.21. The van der Waals surface area contributed by atoms with E-state index in [4.69, 9.17) is 10.5 Å². The lowest BCUT2D eigenvalue weighted by molar-refractivity contribution is 0.0527. The Bertz CT molecular complexity index is 663. The molecule has 7 heteroatoms. The van der Waals surface area contributed by atoms with Crippen LogP contribution in [0.1, 0.15) is 48.6 Å². The minimum atomic E-state index is -0.490. The van der Waals surface area contributed by atoms with E-state index in [9.17, 15) is 4.79 Å². The zero-order valence-electron chi connectivity index (χ0n) is 12.6. The molecule has 112 valence electrons. The summed E-state index contributed by atoms with van der Waals surface area (Å²) >= 11 is 0. The quantitative estimate of drug-likeness (QED) is 0.863. The Labute approximate surface area is 123 Å². The van der Waals surface area contributed by atoms with E-state index in [1.54, 1.807) is 13.0 Å². The van der Waals surface area contributed by atoms with Gasteiger partial charge >= 0.3 is 5.97 Å². The van der Waals surface area contributed by atoms with Crippen LogP contribution < -0.4 is 5.73 Å². The lowest BCUT2D eigenvalue weighted by Gasteiger charge is -2.09. The monoisotopic (exact) mass is 289 g/mol. The average molecular weight is 289 g/mol. The highest BCUT2D eigenvalue weighted by Crippen LogP contribution is 2.19. The van der Waals surface area contributed by atoms with E-state index in [-0.39, 0.29) is 23.9 Å². The molecule has 2 aromatic heterocycles. The second-order valence-corrected chi connectivity index (χ2v) is 4.96. The third-order valence-electron chi connectivity index (χ3n) is 2.89. The zero-order valence-corrected chi connectivity index (χ0v) is 12.6. The molecular weight excluding hydrogens is 270 g/mol. The maximum Gasteiger partial charge on any atom is 0.343 e. The number of hydrogen-bond donors (Lipinski definition) is 1. The Balaban J connectivity index is 2.46. The van der Waals surface area contributed by atoms with E-state index in [1.807, 2.05) is 20.8 Å². The van der Waals surface area contributed by atoms with E-state index in [1.165, 1.54) is 10.9 Å². The molecule has 21 heavy (non-hydrogen) atoms. The molecule has 0 spiro atoms. The second-order valence-electron chi connectivity index (χ2n) is 4.96. The molecule has 0 aromatic carbocycles. The van der Waals surface area contributed by atoms with E-state index in [0.717, 1.165) is 5.69 Å². The zero-order chi connectivity index (χ0) is 15.6. The van der Waals surface area contributed by atoms with Crippen molar-refractivity contribution in [3.05, 3.63) is 29.3 Å². The van der Waals surface area contributed by atoms with Crippen LogP contribution in [0, 0.1) is 6.92 Å². The van der Waals surface area contributed by atoms with Crippen LogP contribution in [0.25, 0.3) is 5.82 Å². The molecule has 0 fully saturated rings. The van der Waals surface area contributed by atoms with Crippen molar-refractivity contribution in [1.82, 2.24) is 19.7 Å². The number of nitrogens with zero attached hydrogens (tertiary/aromatic N) is 4. The Morgan fingerprint density at radius 3 is 2.76 bits per heavy atom. The van der Waals surface area contributed by atoms with Crippen LogP contribution in [0.2, 0.25) is 0 Å². The number of nitrogens with two attached hydrogens (primary N) is 1. The first-order valence-corrected chi connectivity index (χ1v) is 6.80. The van der Waals surface area contributed by atoms with Crippen LogP contribution in [0.3, 0.4) is 0 Å². The largest absolute Gasteiger partial charge is 0.462 e. The molecule has 7 nitrogen and oxygen atoms in total. The van der Waals surface area contributed by atoms with Crippen LogP contribution >= 0.6 is 0 Å². The molecule has 0 aliphatic rings.